The molecule has 4 nitrogen and oxygen atoms in total. The second-order valence-electron chi connectivity index (χ2n) is 7.44. The molecule has 4 heteroatoms. The minimum absolute atomic E-state index is 0.0939. The fraction of sp³-hybridized carbons (Fsp3) is 0.0370. The number of carbonyl (C=O) groups is 2. The monoisotopic (exact) mass is 405 g/mol. The molecule has 0 bridgehead atoms. The van der Waals surface area contributed by atoms with Gasteiger partial charge in [-0.25, -0.2) is 0 Å². The fourth-order valence-electron chi connectivity index (χ4n) is 4.22. The van der Waals surface area contributed by atoms with Crippen molar-refractivity contribution in [2.24, 2.45) is 0 Å². The van der Waals surface area contributed by atoms with Gasteiger partial charge in [0.15, 0.2) is 0 Å². The maximum atomic E-state index is 13.2. The maximum absolute atomic E-state index is 13.2. The molecule has 0 saturated carbocycles. The van der Waals surface area contributed by atoms with Crippen LogP contribution >= 0.6 is 0 Å². The summed E-state index contributed by atoms with van der Waals surface area (Å²) in [6.07, 6.45) is 0. The first kappa shape index (κ1) is 18.8. The van der Waals surface area contributed by atoms with E-state index in [1.54, 1.807) is 18.2 Å². The first-order valence-electron chi connectivity index (χ1n) is 10.1. The van der Waals surface area contributed by atoms with Crippen LogP contribution in [0.2, 0.25) is 0 Å². The predicted octanol–water partition coefficient (Wildman–Crippen LogP) is 5.47. The van der Waals surface area contributed by atoms with E-state index in [-0.39, 0.29) is 11.3 Å². The summed E-state index contributed by atoms with van der Waals surface area (Å²) in [6.45, 7) is 0. The van der Waals surface area contributed by atoms with Crippen molar-refractivity contribution in [2.75, 3.05) is 4.90 Å². The average Bonchev–Trinajstić information content (AvgIpc) is 3.10. The molecular weight excluding hydrogens is 386 g/mol. The number of carbonyl (C=O) groups excluding carboxylic acids is 2. The van der Waals surface area contributed by atoms with E-state index < -0.39 is 17.7 Å². The summed E-state index contributed by atoms with van der Waals surface area (Å²) in [4.78, 5) is 27.8. The highest BCUT2D eigenvalue weighted by molar-refractivity contribution is 6.51. The van der Waals surface area contributed by atoms with E-state index in [1.165, 1.54) is 4.90 Å². The Kier molecular flexibility index (Phi) is 4.60. The van der Waals surface area contributed by atoms with Crippen LogP contribution in [0.5, 0.6) is 0 Å². The van der Waals surface area contributed by atoms with Crippen LogP contribution in [0.4, 0.5) is 5.69 Å². The first-order valence-corrected chi connectivity index (χ1v) is 10.1. The molecule has 1 aliphatic heterocycles. The Bertz CT molecular complexity index is 1320. The van der Waals surface area contributed by atoms with Crippen molar-refractivity contribution in [1.29, 1.82) is 0 Å². The van der Waals surface area contributed by atoms with Crippen molar-refractivity contribution in [3.63, 3.8) is 0 Å². The Hall–Kier alpha value is -4.18. The molecule has 31 heavy (non-hydrogen) atoms. The summed E-state index contributed by atoms with van der Waals surface area (Å²) in [7, 11) is 0. The second-order valence-corrected chi connectivity index (χ2v) is 7.44. The van der Waals surface area contributed by atoms with E-state index in [9.17, 15) is 14.7 Å². The topological polar surface area (TPSA) is 57.6 Å². The molecule has 150 valence electrons. The van der Waals surface area contributed by atoms with Gasteiger partial charge in [-0.2, -0.15) is 0 Å². The molecule has 1 saturated heterocycles. The highest BCUT2D eigenvalue weighted by atomic mass is 16.3. The minimum atomic E-state index is -0.720. The fourth-order valence-corrected chi connectivity index (χ4v) is 4.22. The van der Waals surface area contributed by atoms with Gasteiger partial charge < -0.3 is 5.11 Å². The Labute approximate surface area is 179 Å². The molecule has 4 aromatic carbocycles. The molecule has 0 spiro atoms. The lowest BCUT2D eigenvalue weighted by atomic mass is 9.93. The zero-order valence-electron chi connectivity index (χ0n) is 16.6. The number of anilines is 1. The number of ketones is 1. The summed E-state index contributed by atoms with van der Waals surface area (Å²) in [6, 6.07) is 30.9. The quantitative estimate of drug-likeness (QED) is 0.279. The highest BCUT2D eigenvalue weighted by Gasteiger charge is 2.46. The summed E-state index contributed by atoms with van der Waals surface area (Å²) in [5.74, 6) is -1.51. The van der Waals surface area contributed by atoms with E-state index in [0.717, 1.165) is 16.3 Å². The van der Waals surface area contributed by atoms with Crippen molar-refractivity contribution < 1.29 is 14.7 Å². The number of para-hydroxylation sites is 1. The van der Waals surface area contributed by atoms with Crippen LogP contribution in [0.3, 0.4) is 0 Å². The van der Waals surface area contributed by atoms with Gasteiger partial charge in [0.2, 0.25) is 0 Å². The van der Waals surface area contributed by atoms with Gasteiger partial charge in [0.05, 0.1) is 11.6 Å². The number of Topliss-reactive ketones (excluding diaryl/α,β-unsaturated/α-hetero) is 1. The van der Waals surface area contributed by atoms with E-state index in [1.807, 2.05) is 84.9 Å². The first-order chi connectivity index (χ1) is 15.2. The number of amides is 1. The number of hydrogen-bond donors (Lipinski definition) is 1. The number of nitrogens with zero attached hydrogens (tertiary/aromatic N) is 1. The normalized spacial score (nSPS) is 17.9. The highest BCUT2D eigenvalue weighted by Crippen LogP contribution is 2.42. The van der Waals surface area contributed by atoms with Gasteiger partial charge in [-0.05, 0) is 28.5 Å². The molecule has 1 fully saturated rings. The lowest BCUT2D eigenvalue weighted by molar-refractivity contribution is -0.132. The molecule has 0 aromatic heterocycles. The molecular formula is C27H19NO3. The van der Waals surface area contributed by atoms with E-state index >= 15 is 0 Å². The average molecular weight is 405 g/mol. The number of benzene rings is 4. The molecule has 1 amide bonds. The number of aliphatic hydroxyl groups is 1. The third kappa shape index (κ3) is 3.09. The Morgan fingerprint density at radius 2 is 1.32 bits per heavy atom. The third-order valence-corrected chi connectivity index (χ3v) is 5.64. The van der Waals surface area contributed by atoms with Gasteiger partial charge in [0.1, 0.15) is 5.76 Å². The largest absolute Gasteiger partial charge is 0.507 e. The lowest BCUT2D eigenvalue weighted by Gasteiger charge is -2.25. The molecule has 5 rings (SSSR count). The predicted molar refractivity (Wildman–Crippen MR) is 122 cm³/mol. The second kappa shape index (κ2) is 7.58. The molecule has 1 unspecified atom stereocenters. The Morgan fingerprint density at radius 3 is 2.06 bits per heavy atom. The SMILES string of the molecule is O=C1C(=O)N(c2ccccc2)C(c2ccccc2)/C1=C(/O)c1cccc2ccccc12. The molecule has 4 aromatic rings. The van der Waals surface area contributed by atoms with Crippen LogP contribution < -0.4 is 4.90 Å². The van der Waals surface area contributed by atoms with Gasteiger partial charge >= 0.3 is 0 Å². The van der Waals surface area contributed by atoms with Crippen molar-refractivity contribution in [2.45, 2.75) is 6.04 Å². The summed E-state index contributed by atoms with van der Waals surface area (Å²) < 4.78 is 0. The minimum Gasteiger partial charge on any atom is -0.507 e. The van der Waals surface area contributed by atoms with Crippen LogP contribution in [0.25, 0.3) is 16.5 Å². The zero-order valence-corrected chi connectivity index (χ0v) is 16.6. The smallest absolute Gasteiger partial charge is 0.300 e. The number of fused-ring (bicyclic) bond motifs is 1. The van der Waals surface area contributed by atoms with Crippen LogP contribution in [0.1, 0.15) is 17.2 Å². The lowest BCUT2D eigenvalue weighted by Crippen LogP contribution is -2.29. The summed E-state index contributed by atoms with van der Waals surface area (Å²) in [5, 5.41) is 13.1. The molecule has 0 aliphatic carbocycles. The maximum Gasteiger partial charge on any atom is 0.300 e. The van der Waals surface area contributed by atoms with E-state index in [4.69, 9.17) is 0 Å². The molecule has 1 atom stereocenters. The van der Waals surface area contributed by atoms with E-state index in [0.29, 0.717) is 11.3 Å². The van der Waals surface area contributed by atoms with Crippen molar-refractivity contribution >= 4 is 33.9 Å². The number of aliphatic hydroxyl groups excluding tert-OH is 1. The third-order valence-electron chi connectivity index (χ3n) is 5.64. The van der Waals surface area contributed by atoms with Gasteiger partial charge in [0.25, 0.3) is 11.7 Å². The Balaban J connectivity index is 1.78. The van der Waals surface area contributed by atoms with Crippen LogP contribution in [0, 0.1) is 0 Å². The molecule has 1 aliphatic rings. The van der Waals surface area contributed by atoms with E-state index in [2.05, 4.69) is 0 Å². The number of hydrogen-bond acceptors (Lipinski definition) is 3. The summed E-state index contributed by atoms with van der Waals surface area (Å²) >= 11 is 0. The standard InChI is InChI=1S/C27H19NO3/c29-25(22-17-9-13-18-10-7-8-16-21(18)22)23-24(19-11-3-1-4-12-19)28(27(31)26(23)30)20-14-5-2-6-15-20/h1-17,24,29H/b25-23-. The van der Waals surface area contributed by atoms with Crippen molar-refractivity contribution in [1.82, 2.24) is 0 Å². The molecule has 1 N–H and O–H groups in total. The zero-order chi connectivity index (χ0) is 21.4. The van der Waals surface area contributed by atoms with Crippen LogP contribution in [0.15, 0.2) is 109 Å². The molecule has 0 radical (unpaired) electrons. The van der Waals surface area contributed by atoms with Crippen LogP contribution in [-0.2, 0) is 9.59 Å². The van der Waals surface area contributed by atoms with Gasteiger partial charge in [-0.15, -0.1) is 0 Å². The van der Waals surface area contributed by atoms with Crippen molar-refractivity contribution in [3.8, 4) is 0 Å². The summed E-state index contributed by atoms with van der Waals surface area (Å²) in [5.41, 5.74) is 1.99. The van der Waals surface area contributed by atoms with Crippen LogP contribution in [-0.4, -0.2) is 16.8 Å². The number of rotatable bonds is 3. The van der Waals surface area contributed by atoms with Gasteiger partial charge in [-0.3, -0.25) is 14.5 Å². The Morgan fingerprint density at radius 1 is 0.710 bits per heavy atom. The van der Waals surface area contributed by atoms with Crippen molar-refractivity contribution in [3.05, 3.63) is 120 Å². The van der Waals surface area contributed by atoms with Gasteiger partial charge in [0, 0.05) is 11.3 Å². The molecule has 1 heterocycles. The van der Waals surface area contributed by atoms with Gasteiger partial charge in [-0.1, -0.05) is 91.0 Å².